The Morgan fingerprint density at radius 3 is 1.94 bits per heavy atom. The quantitative estimate of drug-likeness (QED) is 0.661. The lowest BCUT2D eigenvalue weighted by atomic mass is 9.76. The van der Waals surface area contributed by atoms with Crippen molar-refractivity contribution in [2.24, 2.45) is 5.41 Å². The molecule has 0 atom stereocenters. The maximum atomic E-state index is 5.53. The zero-order valence-electron chi connectivity index (χ0n) is 13.0. The van der Waals surface area contributed by atoms with Gasteiger partial charge in [0.15, 0.2) is 0 Å². The van der Waals surface area contributed by atoms with Crippen molar-refractivity contribution in [3.63, 3.8) is 0 Å². The molecule has 0 spiro atoms. The van der Waals surface area contributed by atoms with Gasteiger partial charge in [-0.05, 0) is 44.9 Å². The zero-order chi connectivity index (χ0) is 13.5. The standard InChI is InChI=1S/C15H33NO/c1-8-15(9-2,12-16-13(3)4)11-10-14(5,6)17-7/h13,16H,8-12H2,1-7H3. The topological polar surface area (TPSA) is 21.3 Å². The van der Waals surface area contributed by atoms with E-state index in [1.54, 1.807) is 0 Å². The van der Waals surface area contributed by atoms with Gasteiger partial charge in [-0.15, -0.1) is 0 Å². The van der Waals surface area contributed by atoms with Gasteiger partial charge in [0.1, 0.15) is 0 Å². The zero-order valence-corrected chi connectivity index (χ0v) is 13.0. The highest BCUT2D eigenvalue weighted by molar-refractivity contribution is 4.83. The summed E-state index contributed by atoms with van der Waals surface area (Å²) in [6, 6.07) is 0.572. The van der Waals surface area contributed by atoms with Crippen molar-refractivity contribution in [3.05, 3.63) is 0 Å². The lowest BCUT2D eigenvalue weighted by Gasteiger charge is -2.36. The Balaban J connectivity index is 4.39. The third-order valence-corrected chi connectivity index (χ3v) is 4.20. The fraction of sp³-hybridized carbons (Fsp3) is 1.00. The molecule has 104 valence electrons. The van der Waals surface area contributed by atoms with Gasteiger partial charge in [-0.1, -0.05) is 27.7 Å². The fourth-order valence-electron chi connectivity index (χ4n) is 2.03. The summed E-state index contributed by atoms with van der Waals surface area (Å²) in [7, 11) is 1.81. The Hall–Kier alpha value is -0.0800. The second-order valence-corrected chi connectivity index (χ2v) is 6.21. The molecular weight excluding hydrogens is 210 g/mol. The Morgan fingerprint density at radius 1 is 1.06 bits per heavy atom. The molecule has 0 aliphatic carbocycles. The summed E-state index contributed by atoms with van der Waals surface area (Å²) in [6.07, 6.45) is 4.84. The molecule has 0 bridgehead atoms. The monoisotopic (exact) mass is 243 g/mol. The van der Waals surface area contributed by atoms with Crippen LogP contribution in [-0.4, -0.2) is 25.3 Å². The maximum absolute atomic E-state index is 5.53. The van der Waals surface area contributed by atoms with Crippen LogP contribution in [0.4, 0.5) is 0 Å². The van der Waals surface area contributed by atoms with Gasteiger partial charge < -0.3 is 10.1 Å². The molecule has 0 rings (SSSR count). The third-order valence-electron chi connectivity index (χ3n) is 4.20. The van der Waals surface area contributed by atoms with Crippen LogP contribution in [-0.2, 0) is 4.74 Å². The van der Waals surface area contributed by atoms with E-state index in [9.17, 15) is 0 Å². The van der Waals surface area contributed by atoms with Crippen molar-refractivity contribution in [2.45, 2.75) is 78.9 Å². The van der Waals surface area contributed by atoms with Crippen LogP contribution < -0.4 is 5.32 Å². The van der Waals surface area contributed by atoms with Gasteiger partial charge in [0.25, 0.3) is 0 Å². The van der Waals surface area contributed by atoms with Crippen molar-refractivity contribution in [2.75, 3.05) is 13.7 Å². The van der Waals surface area contributed by atoms with Crippen LogP contribution >= 0.6 is 0 Å². The molecule has 0 saturated carbocycles. The van der Waals surface area contributed by atoms with Crippen molar-refractivity contribution in [1.29, 1.82) is 0 Å². The molecule has 0 radical (unpaired) electrons. The first kappa shape index (κ1) is 16.9. The first-order valence-electron chi connectivity index (χ1n) is 7.09. The number of methoxy groups -OCH3 is 1. The van der Waals surface area contributed by atoms with E-state index in [4.69, 9.17) is 4.74 Å². The van der Waals surface area contributed by atoms with Gasteiger partial charge in [0.05, 0.1) is 5.60 Å². The van der Waals surface area contributed by atoms with E-state index < -0.39 is 0 Å². The minimum Gasteiger partial charge on any atom is -0.379 e. The van der Waals surface area contributed by atoms with Crippen LogP contribution in [0.1, 0.15) is 67.2 Å². The molecule has 0 aliphatic heterocycles. The van der Waals surface area contributed by atoms with E-state index in [0.29, 0.717) is 11.5 Å². The summed E-state index contributed by atoms with van der Waals surface area (Å²) < 4.78 is 5.53. The van der Waals surface area contributed by atoms with Crippen LogP contribution in [0.25, 0.3) is 0 Å². The summed E-state index contributed by atoms with van der Waals surface area (Å²) in [5, 5.41) is 3.60. The molecule has 2 heteroatoms. The van der Waals surface area contributed by atoms with Gasteiger partial charge >= 0.3 is 0 Å². The lowest BCUT2D eigenvalue weighted by Crippen LogP contribution is -2.38. The van der Waals surface area contributed by atoms with Crippen molar-refractivity contribution in [3.8, 4) is 0 Å². The van der Waals surface area contributed by atoms with Gasteiger partial charge in [-0.3, -0.25) is 0 Å². The van der Waals surface area contributed by atoms with Gasteiger partial charge in [-0.2, -0.15) is 0 Å². The highest BCUT2D eigenvalue weighted by Gasteiger charge is 2.29. The molecule has 0 unspecified atom stereocenters. The minimum absolute atomic E-state index is 0.00736. The Morgan fingerprint density at radius 2 is 1.59 bits per heavy atom. The summed E-state index contributed by atoms with van der Waals surface area (Å²) in [5.74, 6) is 0. The van der Waals surface area contributed by atoms with E-state index in [1.807, 2.05) is 7.11 Å². The average Bonchev–Trinajstić information content (AvgIpc) is 2.30. The van der Waals surface area contributed by atoms with Crippen LogP contribution in [0.3, 0.4) is 0 Å². The predicted molar refractivity (Wildman–Crippen MR) is 76.5 cm³/mol. The molecule has 0 aromatic rings. The highest BCUT2D eigenvalue weighted by Crippen LogP contribution is 2.34. The molecule has 0 aromatic carbocycles. The number of rotatable bonds is 9. The van der Waals surface area contributed by atoms with E-state index >= 15 is 0 Å². The maximum Gasteiger partial charge on any atom is 0.0623 e. The van der Waals surface area contributed by atoms with Crippen molar-refractivity contribution in [1.82, 2.24) is 5.32 Å². The molecule has 2 nitrogen and oxygen atoms in total. The number of ether oxygens (including phenoxy) is 1. The van der Waals surface area contributed by atoms with E-state index in [2.05, 4.69) is 46.9 Å². The highest BCUT2D eigenvalue weighted by atomic mass is 16.5. The molecule has 0 heterocycles. The third kappa shape index (κ3) is 6.42. The Labute approximate surface area is 109 Å². The first-order chi connectivity index (χ1) is 7.81. The molecule has 0 amide bonds. The van der Waals surface area contributed by atoms with Crippen LogP contribution in [0.2, 0.25) is 0 Å². The second-order valence-electron chi connectivity index (χ2n) is 6.21. The number of hydrogen-bond acceptors (Lipinski definition) is 2. The van der Waals surface area contributed by atoms with Crippen LogP contribution in [0, 0.1) is 5.41 Å². The minimum atomic E-state index is 0.00736. The predicted octanol–water partition coefficient (Wildman–Crippen LogP) is 4.00. The van der Waals surface area contributed by atoms with Crippen LogP contribution in [0.15, 0.2) is 0 Å². The van der Waals surface area contributed by atoms with Gasteiger partial charge in [0, 0.05) is 19.7 Å². The largest absolute Gasteiger partial charge is 0.379 e. The summed E-state index contributed by atoms with van der Waals surface area (Å²) in [4.78, 5) is 0. The normalized spacial score (nSPS) is 13.4. The fourth-order valence-corrected chi connectivity index (χ4v) is 2.03. The molecule has 0 aromatic heterocycles. The number of hydrogen-bond donors (Lipinski definition) is 1. The van der Waals surface area contributed by atoms with E-state index in [1.165, 1.54) is 19.3 Å². The summed E-state index contributed by atoms with van der Waals surface area (Å²) in [6.45, 7) is 14.5. The number of nitrogens with one attached hydrogen (secondary N) is 1. The molecule has 0 fully saturated rings. The molecule has 17 heavy (non-hydrogen) atoms. The van der Waals surface area contributed by atoms with Gasteiger partial charge in [-0.25, -0.2) is 0 Å². The Bertz CT molecular complexity index is 195. The summed E-state index contributed by atoms with van der Waals surface area (Å²) >= 11 is 0. The first-order valence-corrected chi connectivity index (χ1v) is 7.09. The molecular formula is C15H33NO. The lowest BCUT2D eigenvalue weighted by molar-refractivity contribution is 0.00219. The van der Waals surface area contributed by atoms with Gasteiger partial charge in [0.2, 0.25) is 0 Å². The smallest absolute Gasteiger partial charge is 0.0623 e. The molecule has 1 N–H and O–H groups in total. The van der Waals surface area contributed by atoms with E-state index in [0.717, 1.165) is 13.0 Å². The average molecular weight is 243 g/mol. The van der Waals surface area contributed by atoms with Crippen molar-refractivity contribution >= 4 is 0 Å². The molecule has 0 saturated heterocycles. The summed E-state index contributed by atoms with van der Waals surface area (Å²) in [5.41, 5.74) is 0.438. The van der Waals surface area contributed by atoms with E-state index in [-0.39, 0.29) is 5.60 Å². The SMILES string of the molecule is CCC(CC)(CCC(C)(C)OC)CNC(C)C. The molecule has 0 aliphatic rings. The Kier molecular flexibility index (Phi) is 7.34. The second kappa shape index (κ2) is 7.38. The van der Waals surface area contributed by atoms with Crippen LogP contribution in [0.5, 0.6) is 0 Å². The van der Waals surface area contributed by atoms with Crippen molar-refractivity contribution < 1.29 is 4.74 Å².